The number of benzene rings is 2. The number of amides is 1. The Morgan fingerprint density at radius 1 is 1.09 bits per heavy atom. The van der Waals surface area contributed by atoms with Gasteiger partial charge in [0.05, 0.1) is 5.60 Å². The summed E-state index contributed by atoms with van der Waals surface area (Å²) in [6.45, 7) is 5.56. The molecule has 0 fully saturated rings. The van der Waals surface area contributed by atoms with E-state index >= 15 is 0 Å². The first-order valence-electron chi connectivity index (χ1n) is 7.17. The number of hydrogen-bond acceptors (Lipinski definition) is 3. The monoisotopic (exact) mass is 299 g/mol. The summed E-state index contributed by atoms with van der Waals surface area (Å²) in [5.74, 6) is 0.501. The molecule has 2 N–H and O–H groups in total. The number of carbonyl (C=O) groups is 1. The SMILES string of the molecule is Cc1ccc(C(=O)Nc2ccc(OCC(C)(C)O)cc2)cc1. The number of nitrogens with one attached hydrogen (secondary N) is 1. The number of ether oxygens (including phenoxy) is 1. The molecule has 0 aliphatic rings. The van der Waals surface area contributed by atoms with Gasteiger partial charge in [0.2, 0.25) is 0 Å². The van der Waals surface area contributed by atoms with Crippen LogP contribution in [0.3, 0.4) is 0 Å². The number of rotatable bonds is 5. The average molecular weight is 299 g/mol. The molecule has 1 amide bonds. The first-order chi connectivity index (χ1) is 10.3. The molecule has 0 saturated carbocycles. The predicted octanol–water partition coefficient (Wildman–Crippen LogP) is 3.40. The summed E-state index contributed by atoms with van der Waals surface area (Å²) < 4.78 is 5.47. The highest BCUT2D eigenvalue weighted by Crippen LogP contribution is 2.18. The summed E-state index contributed by atoms with van der Waals surface area (Å²) in [6.07, 6.45) is 0. The second-order valence-electron chi connectivity index (χ2n) is 5.95. The number of aliphatic hydroxyl groups is 1. The summed E-state index contributed by atoms with van der Waals surface area (Å²) in [5, 5.41) is 12.4. The van der Waals surface area contributed by atoms with Gasteiger partial charge in [-0.3, -0.25) is 4.79 Å². The van der Waals surface area contributed by atoms with Crippen molar-refractivity contribution in [3.8, 4) is 5.75 Å². The van der Waals surface area contributed by atoms with Crippen LogP contribution in [0.4, 0.5) is 5.69 Å². The Bertz CT molecular complexity index is 625. The average Bonchev–Trinajstić information content (AvgIpc) is 2.46. The highest BCUT2D eigenvalue weighted by Gasteiger charge is 2.13. The van der Waals surface area contributed by atoms with Crippen LogP contribution in [0, 0.1) is 6.92 Å². The minimum Gasteiger partial charge on any atom is -0.491 e. The van der Waals surface area contributed by atoms with E-state index < -0.39 is 5.60 Å². The molecule has 0 unspecified atom stereocenters. The molecule has 0 saturated heterocycles. The largest absolute Gasteiger partial charge is 0.491 e. The molecule has 2 aromatic rings. The van der Waals surface area contributed by atoms with Crippen LogP contribution < -0.4 is 10.1 Å². The highest BCUT2D eigenvalue weighted by molar-refractivity contribution is 6.04. The van der Waals surface area contributed by atoms with Gasteiger partial charge >= 0.3 is 0 Å². The van der Waals surface area contributed by atoms with Crippen molar-refractivity contribution >= 4 is 11.6 Å². The van der Waals surface area contributed by atoms with Crippen molar-refractivity contribution < 1.29 is 14.6 Å². The third kappa shape index (κ3) is 4.90. The van der Waals surface area contributed by atoms with Gasteiger partial charge < -0.3 is 15.2 Å². The Labute approximate surface area is 130 Å². The number of carbonyl (C=O) groups excluding carboxylic acids is 1. The maximum absolute atomic E-state index is 12.1. The third-order valence-electron chi connectivity index (χ3n) is 3.02. The first-order valence-corrected chi connectivity index (χ1v) is 7.17. The van der Waals surface area contributed by atoms with Crippen LogP contribution in [0.1, 0.15) is 29.8 Å². The van der Waals surface area contributed by atoms with Gasteiger partial charge in [0, 0.05) is 11.3 Å². The van der Waals surface area contributed by atoms with E-state index in [1.165, 1.54) is 0 Å². The second-order valence-corrected chi connectivity index (χ2v) is 5.95. The summed E-state index contributed by atoms with van der Waals surface area (Å²) in [6, 6.07) is 14.5. The minimum atomic E-state index is -0.877. The van der Waals surface area contributed by atoms with Crippen molar-refractivity contribution in [2.24, 2.45) is 0 Å². The molecular weight excluding hydrogens is 278 g/mol. The van der Waals surface area contributed by atoms with E-state index in [4.69, 9.17) is 4.74 Å². The van der Waals surface area contributed by atoms with Gasteiger partial charge in [0.1, 0.15) is 12.4 Å². The van der Waals surface area contributed by atoms with Crippen LogP contribution in [-0.2, 0) is 0 Å². The second kappa shape index (κ2) is 6.62. The van der Waals surface area contributed by atoms with Crippen molar-refractivity contribution in [2.45, 2.75) is 26.4 Å². The number of aryl methyl sites for hydroxylation is 1. The van der Waals surface area contributed by atoms with Gasteiger partial charge in [-0.05, 0) is 57.2 Å². The lowest BCUT2D eigenvalue weighted by atomic mass is 10.1. The molecule has 0 bridgehead atoms. The highest BCUT2D eigenvalue weighted by atomic mass is 16.5. The molecule has 0 atom stereocenters. The van der Waals surface area contributed by atoms with Crippen molar-refractivity contribution in [3.05, 3.63) is 59.7 Å². The Morgan fingerprint density at radius 2 is 1.68 bits per heavy atom. The molecule has 0 spiro atoms. The summed E-state index contributed by atoms with van der Waals surface area (Å²) in [4.78, 5) is 12.1. The smallest absolute Gasteiger partial charge is 0.255 e. The fourth-order valence-electron chi connectivity index (χ4n) is 1.80. The predicted molar refractivity (Wildman–Crippen MR) is 87.4 cm³/mol. The quantitative estimate of drug-likeness (QED) is 0.889. The van der Waals surface area contributed by atoms with Gasteiger partial charge in [0.25, 0.3) is 5.91 Å². The first kappa shape index (κ1) is 16.0. The van der Waals surface area contributed by atoms with Crippen LogP contribution in [0.15, 0.2) is 48.5 Å². The summed E-state index contributed by atoms with van der Waals surface area (Å²) in [5.41, 5.74) is 1.55. The maximum atomic E-state index is 12.1. The van der Waals surface area contributed by atoms with Gasteiger partial charge in [-0.2, -0.15) is 0 Å². The lowest BCUT2D eigenvalue weighted by molar-refractivity contribution is 0.0285. The van der Waals surface area contributed by atoms with Crippen LogP contribution in [-0.4, -0.2) is 23.2 Å². The molecule has 4 heteroatoms. The van der Waals surface area contributed by atoms with Gasteiger partial charge in [-0.1, -0.05) is 17.7 Å². The topological polar surface area (TPSA) is 58.6 Å². The molecule has 0 aliphatic carbocycles. The van der Waals surface area contributed by atoms with E-state index in [9.17, 15) is 9.90 Å². The molecule has 4 nitrogen and oxygen atoms in total. The van der Waals surface area contributed by atoms with Crippen molar-refractivity contribution in [1.29, 1.82) is 0 Å². The van der Waals surface area contributed by atoms with Gasteiger partial charge in [-0.25, -0.2) is 0 Å². The van der Waals surface area contributed by atoms with Gasteiger partial charge in [-0.15, -0.1) is 0 Å². The zero-order valence-electron chi connectivity index (χ0n) is 13.1. The Balaban J connectivity index is 1.96. The molecule has 116 valence electrons. The van der Waals surface area contributed by atoms with E-state index in [1.54, 1.807) is 50.2 Å². The summed E-state index contributed by atoms with van der Waals surface area (Å²) >= 11 is 0. The van der Waals surface area contributed by atoms with Crippen LogP contribution >= 0.6 is 0 Å². The minimum absolute atomic E-state index is 0.148. The lowest BCUT2D eigenvalue weighted by Gasteiger charge is -2.17. The molecule has 0 aliphatic heterocycles. The Hall–Kier alpha value is -2.33. The number of hydrogen-bond donors (Lipinski definition) is 2. The molecule has 22 heavy (non-hydrogen) atoms. The molecule has 0 radical (unpaired) electrons. The van der Waals surface area contributed by atoms with E-state index in [-0.39, 0.29) is 12.5 Å². The molecule has 2 rings (SSSR count). The number of anilines is 1. The van der Waals surface area contributed by atoms with E-state index in [0.717, 1.165) is 5.56 Å². The molecule has 0 aromatic heterocycles. The van der Waals surface area contributed by atoms with E-state index in [2.05, 4.69) is 5.32 Å². The Morgan fingerprint density at radius 3 is 2.23 bits per heavy atom. The van der Waals surface area contributed by atoms with Crippen molar-refractivity contribution in [2.75, 3.05) is 11.9 Å². The Kier molecular flexibility index (Phi) is 4.83. The molecular formula is C18H21NO3. The zero-order valence-corrected chi connectivity index (χ0v) is 13.1. The van der Waals surface area contributed by atoms with Crippen molar-refractivity contribution in [3.63, 3.8) is 0 Å². The van der Waals surface area contributed by atoms with E-state index in [0.29, 0.717) is 17.0 Å². The lowest BCUT2D eigenvalue weighted by Crippen LogP contribution is -2.27. The fourth-order valence-corrected chi connectivity index (χ4v) is 1.80. The molecule has 0 heterocycles. The van der Waals surface area contributed by atoms with Crippen LogP contribution in [0.5, 0.6) is 5.75 Å². The van der Waals surface area contributed by atoms with Gasteiger partial charge in [0.15, 0.2) is 0 Å². The zero-order chi connectivity index (χ0) is 16.2. The van der Waals surface area contributed by atoms with Crippen LogP contribution in [0.2, 0.25) is 0 Å². The van der Waals surface area contributed by atoms with E-state index in [1.807, 2.05) is 19.1 Å². The van der Waals surface area contributed by atoms with Crippen molar-refractivity contribution in [1.82, 2.24) is 0 Å². The normalized spacial score (nSPS) is 11.1. The third-order valence-corrected chi connectivity index (χ3v) is 3.02. The fraction of sp³-hybridized carbons (Fsp3) is 0.278. The maximum Gasteiger partial charge on any atom is 0.255 e. The molecule has 2 aromatic carbocycles. The summed E-state index contributed by atoms with van der Waals surface area (Å²) in [7, 11) is 0. The standard InChI is InChI=1S/C18H21NO3/c1-13-4-6-14(7-5-13)17(20)19-15-8-10-16(11-9-15)22-12-18(2,3)21/h4-11,21H,12H2,1-3H3,(H,19,20). The van der Waals surface area contributed by atoms with Crippen LogP contribution in [0.25, 0.3) is 0 Å².